The lowest BCUT2D eigenvalue weighted by Crippen LogP contribution is -2.51. The topological polar surface area (TPSA) is 78.7 Å². The summed E-state index contributed by atoms with van der Waals surface area (Å²) >= 11 is 1.64. The number of piperazine rings is 1. The van der Waals surface area contributed by atoms with Gasteiger partial charge < -0.3 is 14.4 Å². The van der Waals surface area contributed by atoms with Crippen LogP contribution >= 0.6 is 11.3 Å². The van der Waals surface area contributed by atoms with E-state index in [1.165, 1.54) is 0 Å². The van der Waals surface area contributed by atoms with E-state index in [-0.39, 0.29) is 5.91 Å². The maximum absolute atomic E-state index is 12.8. The number of thiazole rings is 1. The van der Waals surface area contributed by atoms with Gasteiger partial charge in [0.05, 0.1) is 24.4 Å². The standard InChI is InChI=1S/C25H26N4O3S/c1-18(32-23-5-3-4-19(14-23)15-26)25(30)29-12-10-28(11-13-29)16-21-17-33-24(27-21)20-6-8-22(31-2)9-7-20/h3-9,14,17-18H,10-13,16H2,1-2H3. The van der Waals surface area contributed by atoms with Crippen molar-refractivity contribution < 1.29 is 14.3 Å². The molecule has 1 amide bonds. The molecule has 7 nitrogen and oxygen atoms in total. The Morgan fingerprint density at radius 3 is 2.61 bits per heavy atom. The van der Waals surface area contributed by atoms with E-state index in [0.29, 0.717) is 24.4 Å². The molecule has 0 radical (unpaired) electrons. The van der Waals surface area contributed by atoms with Crippen molar-refractivity contribution >= 4 is 17.2 Å². The summed E-state index contributed by atoms with van der Waals surface area (Å²) in [5.41, 5.74) is 2.63. The Morgan fingerprint density at radius 2 is 1.91 bits per heavy atom. The minimum Gasteiger partial charge on any atom is -0.497 e. The van der Waals surface area contributed by atoms with Crippen LogP contribution in [0.3, 0.4) is 0 Å². The van der Waals surface area contributed by atoms with Gasteiger partial charge in [-0.1, -0.05) is 6.07 Å². The number of amides is 1. The summed E-state index contributed by atoms with van der Waals surface area (Å²) in [5, 5.41) is 12.1. The predicted molar refractivity (Wildman–Crippen MR) is 127 cm³/mol. The lowest BCUT2D eigenvalue weighted by Gasteiger charge is -2.35. The average Bonchev–Trinajstić information content (AvgIpc) is 3.32. The average molecular weight is 463 g/mol. The van der Waals surface area contributed by atoms with Crippen molar-refractivity contribution in [2.45, 2.75) is 19.6 Å². The fourth-order valence-electron chi connectivity index (χ4n) is 3.75. The third kappa shape index (κ3) is 5.69. The highest BCUT2D eigenvalue weighted by molar-refractivity contribution is 7.13. The first-order valence-corrected chi connectivity index (χ1v) is 11.7. The van der Waals surface area contributed by atoms with E-state index in [1.807, 2.05) is 29.2 Å². The summed E-state index contributed by atoms with van der Waals surface area (Å²) in [6.07, 6.45) is -0.601. The molecule has 2 heterocycles. The monoisotopic (exact) mass is 462 g/mol. The SMILES string of the molecule is COc1ccc(-c2nc(CN3CCN(C(=O)C(C)Oc4cccc(C#N)c4)CC3)cs2)cc1. The lowest BCUT2D eigenvalue weighted by atomic mass is 10.2. The molecule has 1 fully saturated rings. The molecule has 4 rings (SSSR count). The first kappa shape index (κ1) is 22.8. The maximum atomic E-state index is 12.8. The van der Waals surface area contributed by atoms with E-state index in [4.69, 9.17) is 19.7 Å². The summed E-state index contributed by atoms with van der Waals surface area (Å²) in [6, 6.07) is 16.9. The van der Waals surface area contributed by atoms with Crippen LogP contribution in [0.4, 0.5) is 0 Å². The highest BCUT2D eigenvalue weighted by Crippen LogP contribution is 2.26. The highest BCUT2D eigenvalue weighted by atomic mass is 32.1. The third-order valence-electron chi connectivity index (χ3n) is 5.58. The summed E-state index contributed by atoms with van der Waals surface area (Å²) in [6.45, 7) is 5.40. The predicted octanol–water partition coefficient (Wildman–Crippen LogP) is 3.80. The number of carbonyl (C=O) groups is 1. The zero-order valence-electron chi connectivity index (χ0n) is 18.7. The van der Waals surface area contributed by atoms with Crippen LogP contribution in [-0.2, 0) is 11.3 Å². The summed E-state index contributed by atoms with van der Waals surface area (Å²) in [4.78, 5) is 21.8. The maximum Gasteiger partial charge on any atom is 0.263 e. The first-order valence-electron chi connectivity index (χ1n) is 10.8. The molecule has 1 aliphatic heterocycles. The van der Waals surface area contributed by atoms with Crippen molar-refractivity contribution in [2.24, 2.45) is 0 Å². The van der Waals surface area contributed by atoms with Crippen molar-refractivity contribution in [3.05, 3.63) is 65.2 Å². The Bertz CT molecular complexity index is 1130. The fourth-order valence-corrected chi connectivity index (χ4v) is 4.57. The summed E-state index contributed by atoms with van der Waals surface area (Å²) in [5.74, 6) is 1.33. The van der Waals surface area contributed by atoms with Crippen LogP contribution < -0.4 is 9.47 Å². The Morgan fingerprint density at radius 1 is 1.15 bits per heavy atom. The number of nitrogens with zero attached hydrogens (tertiary/aromatic N) is 4. The molecule has 1 saturated heterocycles. The Balaban J connectivity index is 1.27. The number of nitriles is 1. The number of hydrogen-bond donors (Lipinski definition) is 0. The second-order valence-corrected chi connectivity index (χ2v) is 8.73. The van der Waals surface area contributed by atoms with Crippen LogP contribution in [0.25, 0.3) is 10.6 Å². The number of aromatic nitrogens is 1. The molecular formula is C25H26N4O3S. The molecule has 0 N–H and O–H groups in total. The summed E-state index contributed by atoms with van der Waals surface area (Å²) < 4.78 is 11.0. The van der Waals surface area contributed by atoms with Gasteiger partial charge >= 0.3 is 0 Å². The van der Waals surface area contributed by atoms with Gasteiger partial charge in [0, 0.05) is 43.7 Å². The smallest absolute Gasteiger partial charge is 0.263 e. The van der Waals surface area contributed by atoms with E-state index in [1.54, 1.807) is 49.6 Å². The summed E-state index contributed by atoms with van der Waals surface area (Å²) in [7, 11) is 1.66. The molecule has 0 aliphatic carbocycles. The van der Waals surface area contributed by atoms with Crippen LogP contribution in [0.1, 0.15) is 18.2 Å². The van der Waals surface area contributed by atoms with Crippen molar-refractivity contribution in [1.29, 1.82) is 5.26 Å². The number of methoxy groups -OCH3 is 1. The second kappa shape index (κ2) is 10.5. The molecule has 0 spiro atoms. The molecule has 0 saturated carbocycles. The second-order valence-electron chi connectivity index (χ2n) is 7.87. The Labute approximate surface area is 197 Å². The van der Waals surface area contributed by atoms with Crippen molar-refractivity contribution in [1.82, 2.24) is 14.8 Å². The molecule has 3 aromatic rings. The molecule has 8 heteroatoms. The van der Waals surface area contributed by atoms with E-state index < -0.39 is 6.10 Å². The van der Waals surface area contributed by atoms with Gasteiger partial charge in [-0.25, -0.2) is 4.98 Å². The molecule has 170 valence electrons. The van der Waals surface area contributed by atoms with Gasteiger partial charge in [-0.3, -0.25) is 9.69 Å². The van der Waals surface area contributed by atoms with E-state index in [9.17, 15) is 4.79 Å². The van der Waals surface area contributed by atoms with Crippen molar-refractivity contribution in [3.8, 4) is 28.1 Å². The minimum atomic E-state index is -0.601. The molecule has 1 unspecified atom stereocenters. The van der Waals surface area contributed by atoms with E-state index in [0.717, 1.165) is 41.6 Å². The van der Waals surface area contributed by atoms with Gasteiger partial charge in [-0.2, -0.15) is 5.26 Å². The van der Waals surface area contributed by atoms with Crippen LogP contribution in [0, 0.1) is 11.3 Å². The molecule has 33 heavy (non-hydrogen) atoms. The van der Waals surface area contributed by atoms with Crippen molar-refractivity contribution in [2.75, 3.05) is 33.3 Å². The first-order chi connectivity index (χ1) is 16.1. The normalized spacial score (nSPS) is 15.0. The van der Waals surface area contributed by atoms with Crippen LogP contribution in [-0.4, -0.2) is 60.1 Å². The molecule has 1 aromatic heterocycles. The van der Waals surface area contributed by atoms with Gasteiger partial charge in [-0.15, -0.1) is 11.3 Å². The number of rotatable bonds is 7. The number of hydrogen-bond acceptors (Lipinski definition) is 7. The third-order valence-corrected chi connectivity index (χ3v) is 6.52. The molecular weight excluding hydrogens is 436 g/mol. The highest BCUT2D eigenvalue weighted by Gasteiger charge is 2.26. The van der Waals surface area contributed by atoms with E-state index in [2.05, 4.69) is 16.3 Å². The van der Waals surface area contributed by atoms with Crippen molar-refractivity contribution in [3.63, 3.8) is 0 Å². The zero-order chi connectivity index (χ0) is 23.2. The van der Waals surface area contributed by atoms with Crippen LogP contribution in [0.15, 0.2) is 53.9 Å². The van der Waals surface area contributed by atoms with Gasteiger partial charge in [0.1, 0.15) is 16.5 Å². The van der Waals surface area contributed by atoms with Gasteiger partial charge in [0.2, 0.25) is 0 Å². The largest absolute Gasteiger partial charge is 0.497 e. The Kier molecular flexibility index (Phi) is 7.23. The van der Waals surface area contributed by atoms with Crippen LogP contribution in [0.2, 0.25) is 0 Å². The molecule has 2 aromatic carbocycles. The molecule has 0 bridgehead atoms. The van der Waals surface area contributed by atoms with E-state index >= 15 is 0 Å². The fraction of sp³-hybridized carbons (Fsp3) is 0.320. The number of benzene rings is 2. The lowest BCUT2D eigenvalue weighted by molar-refractivity contribution is -0.139. The zero-order valence-corrected chi connectivity index (χ0v) is 19.5. The van der Waals surface area contributed by atoms with Gasteiger partial charge in [0.15, 0.2) is 6.10 Å². The molecule has 1 atom stereocenters. The molecule has 1 aliphatic rings. The number of ether oxygens (including phenoxy) is 2. The minimum absolute atomic E-state index is 0.0348. The van der Waals surface area contributed by atoms with Gasteiger partial charge in [0.25, 0.3) is 5.91 Å². The Hall–Kier alpha value is -3.41. The van der Waals surface area contributed by atoms with Gasteiger partial charge in [-0.05, 0) is 49.4 Å². The number of carbonyl (C=O) groups excluding carboxylic acids is 1. The quantitative estimate of drug-likeness (QED) is 0.531. The van der Waals surface area contributed by atoms with Crippen LogP contribution in [0.5, 0.6) is 11.5 Å².